The zero-order valence-electron chi connectivity index (χ0n) is 20.1. The van der Waals surface area contributed by atoms with Crippen molar-refractivity contribution < 1.29 is 18.8 Å². The lowest BCUT2D eigenvalue weighted by Crippen LogP contribution is -2.38. The summed E-state index contributed by atoms with van der Waals surface area (Å²) in [6.07, 6.45) is 3.55. The summed E-state index contributed by atoms with van der Waals surface area (Å²) < 4.78 is 18.4. The number of carbonyl (C=O) groups is 1. The zero-order chi connectivity index (χ0) is 23.7. The molecule has 8 heteroatoms. The molecule has 0 saturated carbocycles. The summed E-state index contributed by atoms with van der Waals surface area (Å²) >= 11 is 0. The number of hydrogen-bond donors (Lipinski definition) is 0. The molecule has 0 spiro atoms. The second-order valence-electron chi connectivity index (χ2n) is 9.26. The molecule has 0 aliphatic carbocycles. The van der Waals surface area contributed by atoms with E-state index in [0.717, 1.165) is 73.0 Å². The van der Waals surface area contributed by atoms with Crippen molar-refractivity contribution >= 4 is 5.91 Å². The van der Waals surface area contributed by atoms with Crippen molar-refractivity contribution in [3.63, 3.8) is 0 Å². The number of methoxy groups -OCH3 is 1. The Morgan fingerprint density at radius 1 is 1.06 bits per heavy atom. The van der Waals surface area contributed by atoms with Gasteiger partial charge in [-0.2, -0.15) is 4.98 Å². The van der Waals surface area contributed by atoms with Crippen LogP contribution >= 0.6 is 0 Å². The molecule has 3 aromatic rings. The highest BCUT2D eigenvalue weighted by Crippen LogP contribution is 2.32. The van der Waals surface area contributed by atoms with Gasteiger partial charge in [-0.15, -0.1) is 0 Å². The van der Waals surface area contributed by atoms with Gasteiger partial charge < -0.3 is 23.5 Å². The SMILES string of the molecule is COc1ccc(-c2cc(C(=O)N3CCC(c4nc(C5CCOCC5)no4)CC3)c(C)n2C)cc1. The molecule has 34 heavy (non-hydrogen) atoms. The summed E-state index contributed by atoms with van der Waals surface area (Å²) in [5.74, 6) is 2.95. The number of nitrogens with zero attached hydrogens (tertiary/aromatic N) is 4. The Morgan fingerprint density at radius 2 is 1.76 bits per heavy atom. The minimum absolute atomic E-state index is 0.0831. The van der Waals surface area contributed by atoms with Crippen LogP contribution in [0.25, 0.3) is 11.3 Å². The lowest BCUT2D eigenvalue weighted by Gasteiger charge is -2.30. The maximum absolute atomic E-state index is 13.4. The molecule has 0 bridgehead atoms. The van der Waals surface area contributed by atoms with Crippen LogP contribution in [0.1, 0.15) is 65.3 Å². The second kappa shape index (κ2) is 9.62. The first kappa shape index (κ1) is 22.7. The minimum atomic E-state index is 0.0831. The van der Waals surface area contributed by atoms with Crippen molar-refractivity contribution in [3.8, 4) is 17.0 Å². The predicted octanol–water partition coefficient (Wildman–Crippen LogP) is 4.31. The Bertz CT molecular complexity index is 1140. The monoisotopic (exact) mass is 464 g/mol. The molecule has 2 fully saturated rings. The van der Waals surface area contributed by atoms with Crippen LogP contribution in [-0.2, 0) is 11.8 Å². The third kappa shape index (κ3) is 4.34. The summed E-state index contributed by atoms with van der Waals surface area (Å²) in [7, 11) is 3.66. The van der Waals surface area contributed by atoms with Crippen LogP contribution in [0.2, 0.25) is 0 Å². The number of hydrogen-bond acceptors (Lipinski definition) is 6. The Kier molecular flexibility index (Phi) is 6.41. The first-order chi connectivity index (χ1) is 16.5. The van der Waals surface area contributed by atoms with Crippen LogP contribution < -0.4 is 4.74 Å². The van der Waals surface area contributed by atoms with Gasteiger partial charge >= 0.3 is 0 Å². The van der Waals surface area contributed by atoms with E-state index in [9.17, 15) is 4.79 Å². The number of likely N-dealkylation sites (tertiary alicyclic amines) is 1. The van der Waals surface area contributed by atoms with Gasteiger partial charge in [-0.05, 0) is 68.5 Å². The molecule has 4 heterocycles. The van der Waals surface area contributed by atoms with Gasteiger partial charge in [0, 0.05) is 56.6 Å². The number of piperidine rings is 1. The van der Waals surface area contributed by atoms with Crippen LogP contribution in [0.4, 0.5) is 0 Å². The van der Waals surface area contributed by atoms with Gasteiger partial charge in [-0.3, -0.25) is 4.79 Å². The number of rotatable bonds is 5. The smallest absolute Gasteiger partial charge is 0.255 e. The highest BCUT2D eigenvalue weighted by atomic mass is 16.5. The van der Waals surface area contributed by atoms with Crippen LogP contribution in [-0.4, -0.2) is 58.9 Å². The molecular weight excluding hydrogens is 432 g/mol. The Balaban J connectivity index is 1.25. The van der Waals surface area contributed by atoms with Crippen molar-refractivity contribution in [3.05, 3.63) is 53.3 Å². The minimum Gasteiger partial charge on any atom is -0.497 e. The first-order valence-corrected chi connectivity index (χ1v) is 12.1. The molecule has 2 saturated heterocycles. The summed E-state index contributed by atoms with van der Waals surface area (Å²) in [4.78, 5) is 20.1. The van der Waals surface area contributed by atoms with E-state index in [1.165, 1.54) is 0 Å². The maximum Gasteiger partial charge on any atom is 0.255 e. The first-order valence-electron chi connectivity index (χ1n) is 12.1. The number of ether oxygens (including phenoxy) is 2. The van der Waals surface area contributed by atoms with E-state index in [0.29, 0.717) is 24.9 Å². The fourth-order valence-corrected chi connectivity index (χ4v) is 4.99. The third-order valence-corrected chi connectivity index (χ3v) is 7.33. The summed E-state index contributed by atoms with van der Waals surface area (Å²) in [5.41, 5.74) is 3.80. The van der Waals surface area contributed by atoms with E-state index in [4.69, 9.17) is 19.0 Å². The molecule has 8 nitrogen and oxygen atoms in total. The number of aromatic nitrogens is 3. The molecule has 2 aliphatic rings. The van der Waals surface area contributed by atoms with E-state index in [1.54, 1.807) is 7.11 Å². The number of amides is 1. The lowest BCUT2D eigenvalue weighted by molar-refractivity contribution is 0.0703. The largest absolute Gasteiger partial charge is 0.497 e. The molecule has 0 N–H and O–H groups in total. The molecule has 1 aromatic carbocycles. The molecule has 2 aliphatic heterocycles. The Morgan fingerprint density at radius 3 is 2.44 bits per heavy atom. The molecule has 2 aromatic heterocycles. The normalized spacial score (nSPS) is 17.8. The number of carbonyl (C=O) groups excluding carboxylic acids is 1. The van der Waals surface area contributed by atoms with Gasteiger partial charge in [0.1, 0.15) is 5.75 Å². The van der Waals surface area contributed by atoms with Gasteiger partial charge in [-0.1, -0.05) is 5.16 Å². The molecular formula is C26H32N4O4. The topological polar surface area (TPSA) is 82.6 Å². The highest BCUT2D eigenvalue weighted by molar-refractivity contribution is 5.97. The molecule has 0 unspecified atom stereocenters. The van der Waals surface area contributed by atoms with Crippen LogP contribution in [0, 0.1) is 6.92 Å². The Hall–Kier alpha value is -3.13. The standard InChI is InChI=1S/C26H32N4O4/c1-17-22(16-23(29(17)2)18-4-6-21(32-3)7-5-18)26(31)30-12-8-20(9-13-30)25-27-24(28-34-25)19-10-14-33-15-11-19/h4-7,16,19-20H,8-15H2,1-3H3. The van der Waals surface area contributed by atoms with Gasteiger partial charge in [0.25, 0.3) is 5.91 Å². The van der Waals surface area contributed by atoms with Gasteiger partial charge in [0.15, 0.2) is 5.82 Å². The molecule has 0 radical (unpaired) electrons. The van der Waals surface area contributed by atoms with Crippen molar-refractivity contribution in [2.45, 2.75) is 44.4 Å². The average Bonchev–Trinajstić information content (AvgIpc) is 3.50. The maximum atomic E-state index is 13.4. The van der Waals surface area contributed by atoms with Crippen molar-refractivity contribution in [2.24, 2.45) is 7.05 Å². The summed E-state index contributed by atoms with van der Waals surface area (Å²) in [6, 6.07) is 9.92. The van der Waals surface area contributed by atoms with E-state index in [2.05, 4.69) is 9.72 Å². The molecule has 1 amide bonds. The van der Waals surface area contributed by atoms with Crippen LogP contribution in [0.3, 0.4) is 0 Å². The zero-order valence-corrected chi connectivity index (χ0v) is 20.1. The fraction of sp³-hybridized carbons (Fsp3) is 0.500. The lowest BCUT2D eigenvalue weighted by atomic mass is 9.95. The molecule has 5 rings (SSSR count). The summed E-state index contributed by atoms with van der Waals surface area (Å²) in [5, 5.41) is 4.25. The van der Waals surface area contributed by atoms with Crippen molar-refractivity contribution in [1.29, 1.82) is 0 Å². The third-order valence-electron chi connectivity index (χ3n) is 7.33. The molecule has 0 atom stereocenters. The summed E-state index contributed by atoms with van der Waals surface area (Å²) in [6.45, 7) is 4.89. The fourth-order valence-electron chi connectivity index (χ4n) is 4.99. The van der Waals surface area contributed by atoms with Crippen molar-refractivity contribution in [2.75, 3.05) is 33.4 Å². The van der Waals surface area contributed by atoms with Gasteiger partial charge in [-0.25, -0.2) is 0 Å². The van der Waals surface area contributed by atoms with Gasteiger partial charge in [0.05, 0.1) is 12.7 Å². The predicted molar refractivity (Wildman–Crippen MR) is 127 cm³/mol. The van der Waals surface area contributed by atoms with Crippen molar-refractivity contribution in [1.82, 2.24) is 19.6 Å². The van der Waals surface area contributed by atoms with E-state index >= 15 is 0 Å². The average molecular weight is 465 g/mol. The number of benzene rings is 1. The molecule has 180 valence electrons. The van der Waals surface area contributed by atoms with E-state index in [-0.39, 0.29) is 11.8 Å². The Labute approximate surface area is 199 Å². The van der Waals surface area contributed by atoms with Gasteiger partial charge in [0.2, 0.25) is 5.89 Å². The highest BCUT2D eigenvalue weighted by Gasteiger charge is 2.31. The van der Waals surface area contributed by atoms with E-state index in [1.807, 2.05) is 49.2 Å². The quantitative estimate of drug-likeness (QED) is 0.560. The second-order valence-corrected chi connectivity index (χ2v) is 9.26. The van der Waals surface area contributed by atoms with E-state index < -0.39 is 0 Å². The van der Waals surface area contributed by atoms with Crippen LogP contribution in [0.5, 0.6) is 5.75 Å². The van der Waals surface area contributed by atoms with Crippen LogP contribution in [0.15, 0.2) is 34.9 Å².